The number of hydrogen-bond donors (Lipinski definition) is 1. The van der Waals surface area contributed by atoms with Gasteiger partial charge in [-0.05, 0) is 31.7 Å². The van der Waals surface area contributed by atoms with Gasteiger partial charge in [0.1, 0.15) is 11.6 Å². The standard InChI is InChI=1S/C17H23N3/c1-11(2)5-15-10-16(18)20-17(19-15)9-14-7-12(3)6-13(4)8-14/h6-8,10-11H,5,9H2,1-4H3,(H2,18,19,20). The maximum absolute atomic E-state index is 5.90. The van der Waals surface area contributed by atoms with Crippen molar-refractivity contribution in [3.05, 3.63) is 52.5 Å². The third-order valence-corrected chi connectivity index (χ3v) is 3.11. The fourth-order valence-corrected chi connectivity index (χ4v) is 2.53. The average Bonchev–Trinajstić information content (AvgIpc) is 2.24. The third kappa shape index (κ3) is 4.05. The Bertz CT molecular complexity index is 583. The summed E-state index contributed by atoms with van der Waals surface area (Å²) in [6.07, 6.45) is 1.67. The summed E-state index contributed by atoms with van der Waals surface area (Å²) in [6, 6.07) is 8.42. The Morgan fingerprint density at radius 1 is 1.00 bits per heavy atom. The number of benzene rings is 1. The van der Waals surface area contributed by atoms with E-state index in [4.69, 9.17) is 5.73 Å². The topological polar surface area (TPSA) is 51.8 Å². The molecule has 0 unspecified atom stereocenters. The van der Waals surface area contributed by atoms with Gasteiger partial charge in [-0.2, -0.15) is 0 Å². The first-order chi connectivity index (χ1) is 9.42. The van der Waals surface area contributed by atoms with Crippen LogP contribution in [0.4, 0.5) is 5.82 Å². The van der Waals surface area contributed by atoms with Crippen LogP contribution in [0.15, 0.2) is 24.3 Å². The Kier molecular flexibility index (Phi) is 4.38. The second kappa shape index (κ2) is 6.04. The van der Waals surface area contributed by atoms with Gasteiger partial charge in [0.05, 0.1) is 0 Å². The molecule has 0 aliphatic heterocycles. The molecule has 0 saturated carbocycles. The van der Waals surface area contributed by atoms with E-state index in [-0.39, 0.29) is 0 Å². The van der Waals surface area contributed by atoms with Gasteiger partial charge < -0.3 is 5.73 Å². The number of nitrogen functional groups attached to an aromatic ring is 1. The molecule has 1 aromatic carbocycles. The van der Waals surface area contributed by atoms with E-state index in [0.29, 0.717) is 11.7 Å². The fourth-order valence-electron chi connectivity index (χ4n) is 2.53. The molecule has 0 fully saturated rings. The van der Waals surface area contributed by atoms with Gasteiger partial charge >= 0.3 is 0 Å². The molecular formula is C17H23N3. The molecule has 2 rings (SSSR count). The number of aryl methyl sites for hydroxylation is 2. The van der Waals surface area contributed by atoms with E-state index in [9.17, 15) is 0 Å². The molecule has 1 heterocycles. The van der Waals surface area contributed by atoms with Crippen molar-refractivity contribution in [2.45, 2.75) is 40.5 Å². The van der Waals surface area contributed by atoms with Gasteiger partial charge in [-0.15, -0.1) is 0 Å². The fraction of sp³-hybridized carbons (Fsp3) is 0.412. The Hall–Kier alpha value is -1.90. The smallest absolute Gasteiger partial charge is 0.135 e. The van der Waals surface area contributed by atoms with Crippen molar-refractivity contribution in [2.24, 2.45) is 5.92 Å². The first-order valence-electron chi connectivity index (χ1n) is 7.12. The Labute approximate surface area is 121 Å². The predicted molar refractivity (Wildman–Crippen MR) is 83.7 cm³/mol. The number of hydrogen-bond acceptors (Lipinski definition) is 3. The van der Waals surface area contributed by atoms with Crippen molar-refractivity contribution in [1.82, 2.24) is 9.97 Å². The van der Waals surface area contributed by atoms with Gasteiger partial charge in [-0.25, -0.2) is 9.97 Å². The molecule has 20 heavy (non-hydrogen) atoms. The largest absolute Gasteiger partial charge is 0.384 e. The zero-order valence-electron chi connectivity index (χ0n) is 12.8. The van der Waals surface area contributed by atoms with Crippen LogP contribution in [0.2, 0.25) is 0 Å². The van der Waals surface area contributed by atoms with Crippen molar-refractivity contribution >= 4 is 5.82 Å². The molecule has 0 atom stereocenters. The molecule has 0 aliphatic carbocycles. The van der Waals surface area contributed by atoms with Crippen LogP contribution in [0, 0.1) is 19.8 Å². The van der Waals surface area contributed by atoms with Crippen LogP contribution in [-0.4, -0.2) is 9.97 Å². The highest BCUT2D eigenvalue weighted by molar-refractivity contribution is 5.33. The zero-order valence-corrected chi connectivity index (χ0v) is 12.8. The maximum atomic E-state index is 5.90. The lowest BCUT2D eigenvalue weighted by atomic mass is 10.0. The summed E-state index contributed by atoms with van der Waals surface area (Å²) in [7, 11) is 0. The minimum atomic E-state index is 0.565. The van der Waals surface area contributed by atoms with Gasteiger partial charge in [0, 0.05) is 18.2 Å². The van der Waals surface area contributed by atoms with Crippen molar-refractivity contribution in [1.29, 1.82) is 0 Å². The van der Waals surface area contributed by atoms with Crippen LogP contribution in [0.5, 0.6) is 0 Å². The average molecular weight is 269 g/mol. The SMILES string of the molecule is Cc1cc(C)cc(Cc2nc(N)cc(CC(C)C)n2)c1. The van der Waals surface area contributed by atoms with Crippen LogP contribution in [-0.2, 0) is 12.8 Å². The van der Waals surface area contributed by atoms with E-state index in [2.05, 4.69) is 55.9 Å². The molecule has 3 nitrogen and oxygen atoms in total. The van der Waals surface area contributed by atoms with E-state index in [1.54, 1.807) is 0 Å². The molecule has 0 saturated heterocycles. The van der Waals surface area contributed by atoms with E-state index in [0.717, 1.165) is 24.4 Å². The normalized spacial score (nSPS) is 11.1. The van der Waals surface area contributed by atoms with Gasteiger partial charge in [0.25, 0.3) is 0 Å². The number of anilines is 1. The van der Waals surface area contributed by atoms with E-state index in [1.807, 2.05) is 6.07 Å². The Morgan fingerprint density at radius 2 is 1.65 bits per heavy atom. The van der Waals surface area contributed by atoms with Crippen molar-refractivity contribution in [3.8, 4) is 0 Å². The summed E-state index contributed by atoms with van der Waals surface area (Å²) in [4.78, 5) is 9.00. The molecule has 2 N–H and O–H groups in total. The second-order valence-electron chi connectivity index (χ2n) is 5.97. The number of nitrogens with zero attached hydrogens (tertiary/aromatic N) is 2. The lowest BCUT2D eigenvalue weighted by Crippen LogP contribution is -2.06. The van der Waals surface area contributed by atoms with Crippen molar-refractivity contribution in [2.75, 3.05) is 5.73 Å². The molecule has 106 valence electrons. The highest BCUT2D eigenvalue weighted by atomic mass is 14.9. The minimum absolute atomic E-state index is 0.565. The summed E-state index contributed by atoms with van der Waals surface area (Å²) >= 11 is 0. The molecule has 3 heteroatoms. The predicted octanol–water partition coefficient (Wildman–Crippen LogP) is 3.46. The molecule has 0 amide bonds. The minimum Gasteiger partial charge on any atom is -0.384 e. The molecule has 0 aliphatic rings. The highest BCUT2D eigenvalue weighted by Crippen LogP contribution is 2.14. The van der Waals surface area contributed by atoms with Crippen LogP contribution in [0.25, 0.3) is 0 Å². The number of aromatic nitrogens is 2. The summed E-state index contributed by atoms with van der Waals surface area (Å²) in [5, 5.41) is 0. The zero-order chi connectivity index (χ0) is 14.7. The third-order valence-electron chi connectivity index (χ3n) is 3.11. The molecule has 0 spiro atoms. The Morgan fingerprint density at radius 3 is 2.25 bits per heavy atom. The van der Waals surface area contributed by atoms with Crippen LogP contribution in [0.3, 0.4) is 0 Å². The van der Waals surface area contributed by atoms with Crippen LogP contribution < -0.4 is 5.73 Å². The lowest BCUT2D eigenvalue weighted by molar-refractivity contribution is 0.631. The molecular weight excluding hydrogens is 246 g/mol. The van der Waals surface area contributed by atoms with Crippen LogP contribution in [0.1, 0.15) is 42.1 Å². The van der Waals surface area contributed by atoms with Gasteiger partial charge in [-0.1, -0.05) is 43.2 Å². The van der Waals surface area contributed by atoms with Crippen molar-refractivity contribution in [3.63, 3.8) is 0 Å². The summed E-state index contributed by atoms with van der Waals surface area (Å²) in [6.45, 7) is 8.59. The van der Waals surface area contributed by atoms with E-state index >= 15 is 0 Å². The monoisotopic (exact) mass is 269 g/mol. The molecule has 1 aromatic heterocycles. The highest BCUT2D eigenvalue weighted by Gasteiger charge is 2.06. The van der Waals surface area contributed by atoms with Gasteiger partial charge in [-0.3, -0.25) is 0 Å². The van der Waals surface area contributed by atoms with Gasteiger partial charge in [0.2, 0.25) is 0 Å². The molecule has 2 aromatic rings. The molecule has 0 radical (unpaired) electrons. The van der Waals surface area contributed by atoms with E-state index in [1.165, 1.54) is 16.7 Å². The lowest BCUT2D eigenvalue weighted by Gasteiger charge is -2.09. The quantitative estimate of drug-likeness (QED) is 0.924. The van der Waals surface area contributed by atoms with Gasteiger partial charge in [0.15, 0.2) is 0 Å². The number of nitrogens with two attached hydrogens (primary N) is 1. The first kappa shape index (κ1) is 14.5. The van der Waals surface area contributed by atoms with Crippen molar-refractivity contribution < 1.29 is 0 Å². The summed E-state index contributed by atoms with van der Waals surface area (Å²) in [5.74, 6) is 1.94. The Balaban J connectivity index is 2.26. The van der Waals surface area contributed by atoms with E-state index < -0.39 is 0 Å². The summed E-state index contributed by atoms with van der Waals surface area (Å²) in [5.41, 5.74) is 10.7. The summed E-state index contributed by atoms with van der Waals surface area (Å²) < 4.78 is 0. The second-order valence-corrected chi connectivity index (χ2v) is 5.97. The number of rotatable bonds is 4. The van der Waals surface area contributed by atoms with Crippen LogP contribution >= 0.6 is 0 Å². The first-order valence-corrected chi connectivity index (χ1v) is 7.12. The maximum Gasteiger partial charge on any atom is 0.135 e. The molecule has 0 bridgehead atoms.